The quantitative estimate of drug-likeness (QED) is 0.785. The Balaban J connectivity index is 1.43. The van der Waals surface area contributed by atoms with Gasteiger partial charge in [0.15, 0.2) is 11.5 Å². The lowest BCUT2D eigenvalue weighted by molar-refractivity contribution is -0.129. The minimum absolute atomic E-state index is 0.0426. The van der Waals surface area contributed by atoms with E-state index in [0.29, 0.717) is 17.1 Å². The van der Waals surface area contributed by atoms with Gasteiger partial charge in [-0.2, -0.15) is 0 Å². The molecule has 1 aliphatic rings. The lowest BCUT2D eigenvalue weighted by Gasteiger charge is -2.08. The summed E-state index contributed by atoms with van der Waals surface area (Å²) in [6, 6.07) is 11.5. The van der Waals surface area contributed by atoms with Gasteiger partial charge < -0.3 is 20.1 Å². The van der Waals surface area contributed by atoms with Crippen molar-refractivity contribution in [1.82, 2.24) is 10.6 Å². The Bertz CT molecular complexity index is 794. The molecule has 2 N–H and O–H groups in total. The van der Waals surface area contributed by atoms with Crippen LogP contribution in [0.2, 0.25) is 0 Å². The van der Waals surface area contributed by atoms with E-state index < -0.39 is 17.6 Å². The van der Waals surface area contributed by atoms with Crippen LogP contribution in [0.25, 0.3) is 0 Å². The Morgan fingerprint density at radius 2 is 1.68 bits per heavy atom. The number of benzene rings is 2. The number of rotatable bonds is 6. The van der Waals surface area contributed by atoms with Crippen LogP contribution in [0.3, 0.4) is 0 Å². The number of ether oxygens (including phenoxy) is 2. The standard InChI is InChI=1S/C18H17FN2O4/c19-14-4-2-1-3-13(14)10-21-18(23)8-17(22)20-9-12-5-6-15-16(7-12)25-11-24-15/h1-7H,8-11H2,(H,20,22)(H,21,23). The summed E-state index contributed by atoms with van der Waals surface area (Å²) in [5.74, 6) is 0.0298. The summed E-state index contributed by atoms with van der Waals surface area (Å²) in [4.78, 5) is 23.6. The van der Waals surface area contributed by atoms with Crippen molar-refractivity contribution < 1.29 is 23.5 Å². The molecule has 0 radical (unpaired) electrons. The van der Waals surface area contributed by atoms with Crippen LogP contribution in [0, 0.1) is 5.82 Å². The van der Waals surface area contributed by atoms with E-state index in [1.54, 1.807) is 30.3 Å². The smallest absolute Gasteiger partial charge is 0.231 e. The molecule has 1 heterocycles. The second-order valence-electron chi connectivity index (χ2n) is 5.51. The highest BCUT2D eigenvalue weighted by atomic mass is 19.1. The zero-order valence-electron chi connectivity index (χ0n) is 13.4. The van der Waals surface area contributed by atoms with Gasteiger partial charge in [0.05, 0.1) is 0 Å². The number of carbonyl (C=O) groups is 2. The molecule has 0 fully saturated rings. The summed E-state index contributed by atoms with van der Waals surface area (Å²) < 4.78 is 23.9. The first-order chi connectivity index (χ1) is 12.1. The maximum absolute atomic E-state index is 13.5. The molecule has 25 heavy (non-hydrogen) atoms. The largest absolute Gasteiger partial charge is 0.454 e. The first-order valence-electron chi connectivity index (χ1n) is 7.77. The van der Waals surface area contributed by atoms with Gasteiger partial charge in [0.25, 0.3) is 0 Å². The SMILES string of the molecule is O=C(CC(=O)NCc1ccccc1F)NCc1ccc2c(c1)OCO2. The molecule has 2 amide bonds. The molecule has 0 saturated heterocycles. The molecule has 1 aliphatic heterocycles. The molecule has 7 heteroatoms. The monoisotopic (exact) mass is 344 g/mol. The summed E-state index contributed by atoms with van der Waals surface area (Å²) in [5.41, 5.74) is 1.21. The topological polar surface area (TPSA) is 76.7 Å². The third kappa shape index (κ3) is 4.47. The number of amides is 2. The van der Waals surface area contributed by atoms with E-state index in [1.807, 2.05) is 6.07 Å². The predicted molar refractivity (Wildman–Crippen MR) is 87.3 cm³/mol. The fourth-order valence-electron chi connectivity index (χ4n) is 2.36. The third-order valence-electron chi connectivity index (χ3n) is 3.68. The van der Waals surface area contributed by atoms with E-state index in [4.69, 9.17) is 9.47 Å². The molecule has 130 valence electrons. The Kier molecular flexibility index (Phi) is 5.13. The van der Waals surface area contributed by atoms with Gasteiger partial charge in [-0.25, -0.2) is 4.39 Å². The molecule has 0 spiro atoms. The number of nitrogens with one attached hydrogen (secondary N) is 2. The molecule has 2 aromatic rings. The Labute approximate surface area is 143 Å². The molecule has 3 rings (SSSR count). The number of hydrogen-bond acceptors (Lipinski definition) is 4. The van der Waals surface area contributed by atoms with Crippen molar-refractivity contribution in [2.45, 2.75) is 19.5 Å². The van der Waals surface area contributed by atoms with Crippen LogP contribution in [0.4, 0.5) is 4.39 Å². The molecule has 0 bridgehead atoms. The Morgan fingerprint density at radius 1 is 0.960 bits per heavy atom. The lowest BCUT2D eigenvalue weighted by atomic mass is 10.2. The van der Waals surface area contributed by atoms with Crippen molar-refractivity contribution >= 4 is 11.8 Å². The average Bonchev–Trinajstić information content (AvgIpc) is 3.07. The molecule has 0 unspecified atom stereocenters. The summed E-state index contributed by atoms with van der Waals surface area (Å²) in [7, 11) is 0. The summed E-state index contributed by atoms with van der Waals surface area (Å²) in [6.07, 6.45) is -0.320. The minimum Gasteiger partial charge on any atom is -0.454 e. The van der Waals surface area contributed by atoms with Crippen LogP contribution in [0.15, 0.2) is 42.5 Å². The highest BCUT2D eigenvalue weighted by molar-refractivity contribution is 5.96. The zero-order valence-corrected chi connectivity index (χ0v) is 13.4. The van der Waals surface area contributed by atoms with Crippen molar-refractivity contribution in [2.75, 3.05) is 6.79 Å². The van der Waals surface area contributed by atoms with Crippen LogP contribution in [-0.2, 0) is 22.7 Å². The van der Waals surface area contributed by atoms with Gasteiger partial charge in [-0.15, -0.1) is 0 Å². The van der Waals surface area contributed by atoms with E-state index in [1.165, 1.54) is 6.07 Å². The van der Waals surface area contributed by atoms with Gasteiger partial charge in [-0.1, -0.05) is 24.3 Å². The zero-order chi connectivity index (χ0) is 17.6. The molecule has 0 saturated carbocycles. The van der Waals surface area contributed by atoms with E-state index >= 15 is 0 Å². The first-order valence-corrected chi connectivity index (χ1v) is 7.77. The number of carbonyl (C=O) groups excluding carboxylic acids is 2. The highest BCUT2D eigenvalue weighted by Crippen LogP contribution is 2.32. The maximum Gasteiger partial charge on any atom is 0.231 e. The van der Waals surface area contributed by atoms with Crippen LogP contribution < -0.4 is 20.1 Å². The van der Waals surface area contributed by atoms with Crippen molar-refractivity contribution in [3.63, 3.8) is 0 Å². The lowest BCUT2D eigenvalue weighted by Crippen LogP contribution is -2.31. The van der Waals surface area contributed by atoms with Crippen LogP contribution in [0.5, 0.6) is 11.5 Å². The van der Waals surface area contributed by atoms with Gasteiger partial charge in [0, 0.05) is 18.7 Å². The van der Waals surface area contributed by atoms with E-state index in [9.17, 15) is 14.0 Å². The highest BCUT2D eigenvalue weighted by Gasteiger charge is 2.14. The molecule has 6 nitrogen and oxygen atoms in total. The van der Waals surface area contributed by atoms with Gasteiger partial charge in [0.1, 0.15) is 12.2 Å². The van der Waals surface area contributed by atoms with Gasteiger partial charge >= 0.3 is 0 Å². The van der Waals surface area contributed by atoms with Crippen molar-refractivity contribution in [3.05, 3.63) is 59.4 Å². The van der Waals surface area contributed by atoms with Crippen LogP contribution in [0.1, 0.15) is 17.5 Å². The fraction of sp³-hybridized carbons (Fsp3) is 0.222. The van der Waals surface area contributed by atoms with E-state index in [-0.39, 0.29) is 26.3 Å². The average molecular weight is 344 g/mol. The van der Waals surface area contributed by atoms with Crippen molar-refractivity contribution in [2.24, 2.45) is 0 Å². The normalized spacial score (nSPS) is 11.9. The van der Waals surface area contributed by atoms with Crippen molar-refractivity contribution in [3.8, 4) is 11.5 Å². The van der Waals surface area contributed by atoms with Gasteiger partial charge in [0.2, 0.25) is 18.6 Å². The predicted octanol–water partition coefficient (Wildman–Crippen LogP) is 1.88. The number of fused-ring (bicyclic) bond motifs is 1. The van der Waals surface area contributed by atoms with Crippen molar-refractivity contribution in [1.29, 1.82) is 0 Å². The number of hydrogen-bond donors (Lipinski definition) is 2. The van der Waals surface area contributed by atoms with E-state index in [2.05, 4.69) is 10.6 Å². The molecule has 2 aromatic carbocycles. The molecular formula is C18H17FN2O4. The number of halogens is 1. The second-order valence-corrected chi connectivity index (χ2v) is 5.51. The van der Waals surface area contributed by atoms with E-state index in [0.717, 1.165) is 5.56 Å². The Hall–Kier alpha value is -3.09. The second kappa shape index (κ2) is 7.65. The van der Waals surface area contributed by atoms with Crippen LogP contribution >= 0.6 is 0 Å². The summed E-state index contributed by atoms with van der Waals surface area (Å²) in [6.45, 7) is 0.504. The summed E-state index contributed by atoms with van der Waals surface area (Å²) >= 11 is 0. The molecule has 0 aromatic heterocycles. The first kappa shape index (κ1) is 16.8. The summed E-state index contributed by atoms with van der Waals surface area (Å²) in [5, 5.41) is 5.19. The fourth-order valence-corrected chi connectivity index (χ4v) is 2.36. The third-order valence-corrected chi connectivity index (χ3v) is 3.68. The van der Waals surface area contributed by atoms with Crippen LogP contribution in [-0.4, -0.2) is 18.6 Å². The van der Waals surface area contributed by atoms with Gasteiger partial charge in [-0.3, -0.25) is 9.59 Å². The van der Waals surface area contributed by atoms with Gasteiger partial charge in [-0.05, 0) is 23.8 Å². The molecular weight excluding hydrogens is 327 g/mol. The Morgan fingerprint density at radius 3 is 2.48 bits per heavy atom. The minimum atomic E-state index is -0.466. The molecule has 0 atom stereocenters. The molecule has 0 aliphatic carbocycles. The maximum atomic E-state index is 13.5.